The Labute approximate surface area is 115 Å². The molecule has 2 rings (SSSR count). The Morgan fingerprint density at radius 2 is 2.00 bits per heavy atom. The summed E-state index contributed by atoms with van der Waals surface area (Å²) in [6.07, 6.45) is -3.77. The molecule has 0 spiro atoms. The highest BCUT2D eigenvalue weighted by molar-refractivity contribution is 5.77. The van der Waals surface area contributed by atoms with Crippen LogP contribution in [0.4, 0.5) is 13.2 Å². The largest absolute Gasteiger partial charge is 0.484 e. The number of nitrogens with zero attached hydrogens (tertiary/aromatic N) is 1. The third kappa shape index (κ3) is 3.88. The molecule has 0 saturated carbocycles. The first-order valence-corrected chi connectivity index (χ1v) is 6.49. The molecule has 20 heavy (non-hydrogen) atoms. The number of ether oxygens (including phenoxy) is 1. The van der Waals surface area contributed by atoms with Gasteiger partial charge in [0.05, 0.1) is 5.92 Å². The fraction of sp³-hybridized carbons (Fsp3) is 0.500. The van der Waals surface area contributed by atoms with E-state index in [0.717, 1.165) is 0 Å². The Morgan fingerprint density at radius 1 is 1.30 bits per heavy atom. The second-order valence-electron chi connectivity index (χ2n) is 4.82. The summed E-state index contributed by atoms with van der Waals surface area (Å²) in [5.41, 5.74) is 0. The van der Waals surface area contributed by atoms with Gasteiger partial charge in [-0.15, -0.1) is 0 Å². The molecule has 110 valence electrons. The summed E-state index contributed by atoms with van der Waals surface area (Å²) in [6, 6.07) is 8.73. The van der Waals surface area contributed by atoms with Crippen molar-refractivity contribution >= 4 is 5.91 Å². The molecule has 1 heterocycles. The highest BCUT2D eigenvalue weighted by atomic mass is 19.4. The van der Waals surface area contributed by atoms with E-state index in [1.165, 1.54) is 4.90 Å². The molecule has 1 aliphatic rings. The summed E-state index contributed by atoms with van der Waals surface area (Å²) < 4.78 is 43.2. The van der Waals surface area contributed by atoms with E-state index in [4.69, 9.17) is 4.74 Å². The molecule has 1 aromatic carbocycles. The Bertz CT molecular complexity index is 447. The number of likely N-dealkylation sites (tertiary alicyclic amines) is 1. The normalized spacial score (nSPS) is 19.8. The zero-order valence-electron chi connectivity index (χ0n) is 10.9. The first kappa shape index (κ1) is 14.7. The number of rotatable bonds is 3. The molecule has 0 radical (unpaired) electrons. The number of alkyl halides is 3. The molecule has 1 unspecified atom stereocenters. The maximum atomic E-state index is 12.7. The van der Waals surface area contributed by atoms with Gasteiger partial charge in [-0.05, 0) is 25.0 Å². The molecule has 1 aliphatic heterocycles. The SMILES string of the molecule is O=C(COc1ccccc1)N1CCCC(C(F)(F)F)C1. The van der Waals surface area contributed by atoms with Gasteiger partial charge in [0.2, 0.25) is 0 Å². The summed E-state index contributed by atoms with van der Waals surface area (Å²) >= 11 is 0. The maximum Gasteiger partial charge on any atom is 0.393 e. The Hall–Kier alpha value is -1.72. The van der Waals surface area contributed by atoms with Crippen LogP contribution in [-0.4, -0.2) is 36.7 Å². The van der Waals surface area contributed by atoms with Gasteiger partial charge >= 0.3 is 6.18 Å². The third-order valence-corrected chi connectivity index (χ3v) is 3.34. The van der Waals surface area contributed by atoms with Crippen LogP contribution in [-0.2, 0) is 4.79 Å². The van der Waals surface area contributed by atoms with Gasteiger partial charge in [0.15, 0.2) is 6.61 Å². The zero-order chi connectivity index (χ0) is 14.6. The highest BCUT2D eigenvalue weighted by Crippen LogP contribution is 2.33. The minimum atomic E-state index is -4.24. The van der Waals surface area contributed by atoms with Gasteiger partial charge < -0.3 is 9.64 Å². The molecule has 0 bridgehead atoms. The van der Waals surface area contributed by atoms with Crippen molar-refractivity contribution in [1.29, 1.82) is 0 Å². The number of para-hydroxylation sites is 1. The van der Waals surface area contributed by atoms with Crippen LogP contribution < -0.4 is 4.74 Å². The van der Waals surface area contributed by atoms with Crippen LogP contribution in [0.1, 0.15) is 12.8 Å². The molecule has 1 saturated heterocycles. The van der Waals surface area contributed by atoms with Crippen molar-refractivity contribution in [3.63, 3.8) is 0 Å². The molecular weight excluding hydrogens is 271 g/mol. The fourth-order valence-corrected chi connectivity index (χ4v) is 2.22. The first-order chi connectivity index (χ1) is 9.47. The van der Waals surface area contributed by atoms with Gasteiger partial charge in [0.1, 0.15) is 5.75 Å². The Morgan fingerprint density at radius 3 is 2.65 bits per heavy atom. The number of hydrogen-bond donors (Lipinski definition) is 0. The van der Waals surface area contributed by atoms with Crippen molar-refractivity contribution < 1.29 is 22.7 Å². The van der Waals surface area contributed by atoms with E-state index in [2.05, 4.69) is 0 Å². The van der Waals surface area contributed by atoms with E-state index in [0.29, 0.717) is 18.7 Å². The van der Waals surface area contributed by atoms with Crippen molar-refractivity contribution in [2.75, 3.05) is 19.7 Å². The van der Waals surface area contributed by atoms with Crippen LogP contribution in [0.3, 0.4) is 0 Å². The summed E-state index contributed by atoms with van der Waals surface area (Å²) in [7, 11) is 0. The summed E-state index contributed by atoms with van der Waals surface area (Å²) in [6.45, 7) is -0.126. The van der Waals surface area contributed by atoms with Gasteiger partial charge in [-0.25, -0.2) is 0 Å². The number of carbonyl (C=O) groups excluding carboxylic acids is 1. The van der Waals surface area contributed by atoms with Crippen LogP contribution in [0.5, 0.6) is 5.75 Å². The van der Waals surface area contributed by atoms with Gasteiger partial charge in [-0.3, -0.25) is 4.79 Å². The van der Waals surface area contributed by atoms with Crippen molar-refractivity contribution in [3.8, 4) is 5.75 Å². The maximum absolute atomic E-state index is 12.7. The molecule has 0 aromatic heterocycles. The van der Waals surface area contributed by atoms with Crippen LogP contribution in [0.15, 0.2) is 30.3 Å². The number of piperidine rings is 1. The monoisotopic (exact) mass is 287 g/mol. The lowest BCUT2D eigenvalue weighted by Crippen LogP contribution is -2.46. The lowest BCUT2D eigenvalue weighted by molar-refractivity contribution is -0.188. The van der Waals surface area contributed by atoms with E-state index in [9.17, 15) is 18.0 Å². The highest BCUT2D eigenvalue weighted by Gasteiger charge is 2.42. The average Bonchev–Trinajstić information content (AvgIpc) is 2.45. The number of carbonyl (C=O) groups is 1. The lowest BCUT2D eigenvalue weighted by Gasteiger charge is -2.33. The lowest BCUT2D eigenvalue weighted by atomic mass is 9.97. The molecule has 3 nitrogen and oxygen atoms in total. The molecule has 1 fully saturated rings. The molecular formula is C14H16F3NO2. The van der Waals surface area contributed by atoms with Gasteiger partial charge in [-0.2, -0.15) is 13.2 Å². The van der Waals surface area contributed by atoms with Gasteiger partial charge in [-0.1, -0.05) is 18.2 Å². The average molecular weight is 287 g/mol. The van der Waals surface area contributed by atoms with Crippen LogP contribution in [0.25, 0.3) is 0 Å². The Kier molecular flexibility index (Phi) is 4.52. The van der Waals surface area contributed by atoms with Crippen LogP contribution in [0.2, 0.25) is 0 Å². The van der Waals surface area contributed by atoms with Crippen molar-refractivity contribution in [2.45, 2.75) is 19.0 Å². The number of benzene rings is 1. The number of hydrogen-bond acceptors (Lipinski definition) is 2. The van der Waals surface area contributed by atoms with Crippen molar-refractivity contribution in [2.24, 2.45) is 5.92 Å². The summed E-state index contributed by atoms with van der Waals surface area (Å²) in [5, 5.41) is 0. The Balaban J connectivity index is 1.86. The second kappa shape index (κ2) is 6.15. The van der Waals surface area contributed by atoms with E-state index in [1.54, 1.807) is 24.3 Å². The first-order valence-electron chi connectivity index (χ1n) is 6.49. The van der Waals surface area contributed by atoms with E-state index in [-0.39, 0.29) is 19.6 Å². The summed E-state index contributed by atoms with van der Waals surface area (Å²) in [5.74, 6) is -1.29. The quantitative estimate of drug-likeness (QED) is 0.855. The molecule has 6 heteroatoms. The van der Waals surface area contributed by atoms with Crippen molar-refractivity contribution in [1.82, 2.24) is 4.90 Å². The molecule has 0 aliphatic carbocycles. The fourth-order valence-electron chi connectivity index (χ4n) is 2.22. The molecule has 1 amide bonds. The second-order valence-corrected chi connectivity index (χ2v) is 4.82. The minimum absolute atomic E-state index is 0.0901. The topological polar surface area (TPSA) is 29.5 Å². The third-order valence-electron chi connectivity index (χ3n) is 3.34. The van der Waals surface area contributed by atoms with E-state index < -0.39 is 18.0 Å². The number of halogens is 3. The van der Waals surface area contributed by atoms with E-state index >= 15 is 0 Å². The van der Waals surface area contributed by atoms with E-state index in [1.807, 2.05) is 6.07 Å². The molecule has 0 N–H and O–H groups in total. The van der Waals surface area contributed by atoms with Crippen molar-refractivity contribution in [3.05, 3.63) is 30.3 Å². The van der Waals surface area contributed by atoms with Gasteiger partial charge in [0.25, 0.3) is 5.91 Å². The van der Waals surface area contributed by atoms with Gasteiger partial charge in [0, 0.05) is 13.1 Å². The predicted molar refractivity (Wildman–Crippen MR) is 67.3 cm³/mol. The molecule has 1 atom stereocenters. The van der Waals surface area contributed by atoms with Crippen LogP contribution in [0, 0.1) is 5.92 Å². The number of amides is 1. The minimum Gasteiger partial charge on any atom is -0.484 e. The predicted octanol–water partition coefficient (Wildman–Crippen LogP) is 2.87. The standard InChI is InChI=1S/C14H16F3NO2/c15-14(16,17)11-5-4-8-18(9-11)13(19)10-20-12-6-2-1-3-7-12/h1-3,6-7,11H,4-5,8-10H2. The summed E-state index contributed by atoms with van der Waals surface area (Å²) in [4.78, 5) is 13.1. The van der Waals surface area contributed by atoms with Crippen LogP contribution >= 0.6 is 0 Å². The smallest absolute Gasteiger partial charge is 0.393 e. The zero-order valence-corrected chi connectivity index (χ0v) is 10.9. The molecule has 1 aromatic rings.